The van der Waals surface area contributed by atoms with Gasteiger partial charge < -0.3 is 10.1 Å². The molecule has 0 radical (unpaired) electrons. The minimum atomic E-state index is 0.359. The fourth-order valence-corrected chi connectivity index (χ4v) is 3.84. The van der Waals surface area contributed by atoms with E-state index < -0.39 is 0 Å². The molecule has 3 heteroatoms. The van der Waals surface area contributed by atoms with E-state index in [1.807, 2.05) is 17.4 Å². The van der Waals surface area contributed by atoms with Gasteiger partial charge in [-0.05, 0) is 38.1 Å². The van der Waals surface area contributed by atoms with Gasteiger partial charge in [0.15, 0.2) is 0 Å². The summed E-state index contributed by atoms with van der Waals surface area (Å²) in [5.74, 6) is 1.46. The smallest absolute Gasteiger partial charge is 0.122 e. The molecule has 2 atom stereocenters. The quantitative estimate of drug-likeness (QED) is 0.886. The number of hydrogen-bond donors (Lipinski definition) is 1. The highest BCUT2D eigenvalue weighted by atomic mass is 32.1. The zero-order valence-corrected chi connectivity index (χ0v) is 12.9. The molecule has 2 heterocycles. The lowest BCUT2D eigenvalue weighted by molar-refractivity contribution is 0.301. The Morgan fingerprint density at radius 1 is 1.30 bits per heavy atom. The van der Waals surface area contributed by atoms with Gasteiger partial charge in [-0.2, -0.15) is 0 Å². The predicted octanol–water partition coefficient (Wildman–Crippen LogP) is 4.27. The Bertz CT molecular complexity index is 578. The molecule has 0 spiro atoms. The largest absolute Gasteiger partial charge is 0.493 e. The van der Waals surface area contributed by atoms with Crippen LogP contribution < -0.4 is 10.1 Å². The number of ether oxygens (including phenoxy) is 1. The van der Waals surface area contributed by atoms with Crippen molar-refractivity contribution in [2.45, 2.75) is 32.2 Å². The maximum absolute atomic E-state index is 5.86. The van der Waals surface area contributed by atoms with E-state index in [0.29, 0.717) is 12.0 Å². The lowest BCUT2D eigenvalue weighted by Crippen LogP contribution is -2.28. The third kappa shape index (κ3) is 2.60. The lowest BCUT2D eigenvalue weighted by Gasteiger charge is -2.23. The van der Waals surface area contributed by atoms with Crippen LogP contribution in [0.2, 0.25) is 0 Å². The highest BCUT2D eigenvalue weighted by Crippen LogP contribution is 2.42. The molecule has 1 aromatic carbocycles. The van der Waals surface area contributed by atoms with Gasteiger partial charge in [0, 0.05) is 21.2 Å². The normalized spacial score (nSPS) is 18.6. The van der Waals surface area contributed by atoms with Crippen molar-refractivity contribution in [3.8, 4) is 5.75 Å². The molecule has 20 heavy (non-hydrogen) atoms. The molecule has 0 saturated heterocycles. The van der Waals surface area contributed by atoms with Gasteiger partial charge in [-0.1, -0.05) is 25.1 Å². The number of para-hydroxylation sites is 1. The molecule has 2 aromatic rings. The molecular weight excluding hydrogens is 266 g/mol. The molecule has 0 amide bonds. The molecule has 106 valence electrons. The molecule has 3 rings (SSSR count). The van der Waals surface area contributed by atoms with Gasteiger partial charge in [0.2, 0.25) is 0 Å². The molecule has 2 nitrogen and oxygen atoms in total. The van der Waals surface area contributed by atoms with Gasteiger partial charge in [-0.3, -0.25) is 0 Å². The van der Waals surface area contributed by atoms with Gasteiger partial charge in [-0.15, -0.1) is 11.3 Å². The number of hydrogen-bond acceptors (Lipinski definition) is 3. The van der Waals surface area contributed by atoms with Crippen molar-refractivity contribution < 1.29 is 4.74 Å². The van der Waals surface area contributed by atoms with Gasteiger partial charge >= 0.3 is 0 Å². The molecular formula is C17H21NOS. The van der Waals surface area contributed by atoms with Crippen LogP contribution in [0.4, 0.5) is 0 Å². The fraction of sp³-hybridized carbons (Fsp3) is 0.412. The van der Waals surface area contributed by atoms with Crippen LogP contribution in [0.15, 0.2) is 36.4 Å². The summed E-state index contributed by atoms with van der Waals surface area (Å²) < 4.78 is 5.86. The number of benzene rings is 1. The minimum Gasteiger partial charge on any atom is -0.493 e. The standard InChI is InChI=1S/C17H21NOS/c1-3-10-18-17(16-9-8-12(2)20-16)14-11-19-15-7-5-4-6-13(14)15/h4-9,14,17-18H,3,10-11H2,1-2H3. The summed E-state index contributed by atoms with van der Waals surface area (Å²) in [4.78, 5) is 2.79. The van der Waals surface area contributed by atoms with Crippen molar-refractivity contribution in [1.29, 1.82) is 0 Å². The van der Waals surface area contributed by atoms with Crippen LogP contribution in [-0.2, 0) is 0 Å². The molecule has 0 saturated carbocycles. The van der Waals surface area contributed by atoms with E-state index in [4.69, 9.17) is 4.74 Å². The molecule has 1 aliphatic rings. The molecule has 0 aliphatic carbocycles. The van der Waals surface area contributed by atoms with E-state index in [-0.39, 0.29) is 0 Å². The van der Waals surface area contributed by atoms with Crippen LogP contribution in [0.1, 0.15) is 40.6 Å². The van der Waals surface area contributed by atoms with Crippen molar-refractivity contribution >= 4 is 11.3 Å². The van der Waals surface area contributed by atoms with Crippen molar-refractivity contribution in [3.63, 3.8) is 0 Å². The van der Waals surface area contributed by atoms with Crippen molar-refractivity contribution in [2.24, 2.45) is 0 Å². The van der Waals surface area contributed by atoms with Crippen LogP contribution >= 0.6 is 11.3 Å². The zero-order chi connectivity index (χ0) is 13.9. The Balaban J connectivity index is 1.90. The Labute approximate surface area is 124 Å². The summed E-state index contributed by atoms with van der Waals surface area (Å²) in [5, 5.41) is 3.71. The van der Waals surface area contributed by atoms with Crippen LogP contribution in [0.3, 0.4) is 0 Å². The summed E-state index contributed by atoms with van der Waals surface area (Å²) in [6.07, 6.45) is 1.15. The maximum Gasteiger partial charge on any atom is 0.122 e. The molecule has 2 unspecified atom stereocenters. The van der Waals surface area contributed by atoms with E-state index in [1.54, 1.807) is 0 Å². The van der Waals surface area contributed by atoms with E-state index in [2.05, 4.69) is 49.5 Å². The number of thiophene rings is 1. The van der Waals surface area contributed by atoms with Crippen LogP contribution in [0.25, 0.3) is 0 Å². The third-order valence-corrected chi connectivity index (χ3v) is 4.90. The fourth-order valence-electron chi connectivity index (χ4n) is 2.82. The van der Waals surface area contributed by atoms with E-state index >= 15 is 0 Å². The van der Waals surface area contributed by atoms with Crippen molar-refractivity contribution in [2.75, 3.05) is 13.2 Å². The Kier molecular flexibility index (Phi) is 4.08. The first-order valence-corrected chi connectivity index (χ1v) is 8.12. The van der Waals surface area contributed by atoms with E-state index in [0.717, 1.165) is 25.3 Å². The van der Waals surface area contributed by atoms with Crippen LogP contribution in [0, 0.1) is 6.92 Å². The van der Waals surface area contributed by atoms with E-state index in [1.165, 1.54) is 15.3 Å². The first kappa shape index (κ1) is 13.7. The van der Waals surface area contributed by atoms with Gasteiger partial charge in [-0.25, -0.2) is 0 Å². The lowest BCUT2D eigenvalue weighted by atomic mass is 9.92. The number of rotatable bonds is 5. The summed E-state index contributed by atoms with van der Waals surface area (Å²) >= 11 is 1.89. The van der Waals surface area contributed by atoms with Gasteiger partial charge in [0.05, 0.1) is 12.6 Å². The second kappa shape index (κ2) is 5.98. The summed E-state index contributed by atoms with van der Waals surface area (Å²) in [6, 6.07) is 13.3. The monoisotopic (exact) mass is 287 g/mol. The maximum atomic E-state index is 5.86. The average molecular weight is 287 g/mol. The third-order valence-electron chi connectivity index (χ3n) is 3.82. The summed E-state index contributed by atoms with van der Waals surface area (Å²) in [6.45, 7) is 6.20. The average Bonchev–Trinajstić information content (AvgIpc) is 3.07. The molecule has 0 bridgehead atoms. The summed E-state index contributed by atoms with van der Waals surface area (Å²) in [5.41, 5.74) is 1.34. The minimum absolute atomic E-state index is 0.359. The van der Waals surface area contributed by atoms with Crippen molar-refractivity contribution in [1.82, 2.24) is 5.32 Å². The molecule has 1 aliphatic heterocycles. The highest BCUT2D eigenvalue weighted by Gasteiger charge is 2.32. The van der Waals surface area contributed by atoms with Crippen LogP contribution in [0.5, 0.6) is 5.75 Å². The van der Waals surface area contributed by atoms with Gasteiger partial charge in [0.1, 0.15) is 5.75 Å². The molecule has 1 aromatic heterocycles. The Hall–Kier alpha value is -1.32. The predicted molar refractivity (Wildman–Crippen MR) is 84.8 cm³/mol. The number of fused-ring (bicyclic) bond motifs is 1. The second-order valence-electron chi connectivity index (χ2n) is 5.34. The van der Waals surface area contributed by atoms with Crippen molar-refractivity contribution in [3.05, 3.63) is 51.7 Å². The second-order valence-corrected chi connectivity index (χ2v) is 6.66. The summed E-state index contributed by atoms with van der Waals surface area (Å²) in [7, 11) is 0. The zero-order valence-electron chi connectivity index (χ0n) is 12.1. The van der Waals surface area contributed by atoms with Crippen LogP contribution in [-0.4, -0.2) is 13.2 Å². The Morgan fingerprint density at radius 2 is 2.15 bits per heavy atom. The first-order chi connectivity index (χ1) is 9.79. The Morgan fingerprint density at radius 3 is 2.90 bits per heavy atom. The number of nitrogens with one attached hydrogen (secondary N) is 1. The highest BCUT2D eigenvalue weighted by molar-refractivity contribution is 7.12. The molecule has 1 N–H and O–H groups in total. The topological polar surface area (TPSA) is 21.3 Å². The van der Waals surface area contributed by atoms with E-state index in [9.17, 15) is 0 Å². The number of aryl methyl sites for hydroxylation is 1. The first-order valence-electron chi connectivity index (χ1n) is 7.31. The SMILES string of the molecule is CCCNC(c1ccc(C)s1)C1COc2ccccc21. The molecule has 0 fully saturated rings. The van der Waals surface area contributed by atoms with Gasteiger partial charge in [0.25, 0.3) is 0 Å².